The zero-order valence-corrected chi connectivity index (χ0v) is 24.8. The number of nitriles is 1. The minimum absolute atomic E-state index is 0.0297. The fourth-order valence-corrected chi connectivity index (χ4v) is 8.09. The van der Waals surface area contributed by atoms with Crippen LogP contribution in [0.15, 0.2) is 41.1 Å². The van der Waals surface area contributed by atoms with Crippen LogP contribution in [0.5, 0.6) is 5.75 Å². The lowest BCUT2D eigenvalue weighted by Gasteiger charge is -2.40. The van der Waals surface area contributed by atoms with Gasteiger partial charge in [-0.3, -0.25) is 4.72 Å². The number of aromatic nitrogens is 2. The van der Waals surface area contributed by atoms with E-state index in [2.05, 4.69) is 38.0 Å². The van der Waals surface area contributed by atoms with E-state index in [0.717, 1.165) is 49.9 Å². The summed E-state index contributed by atoms with van der Waals surface area (Å²) in [5.41, 5.74) is 1.92. The van der Waals surface area contributed by atoms with Gasteiger partial charge in [0, 0.05) is 18.1 Å². The number of likely N-dealkylation sites (tertiary alicyclic amines) is 1. The number of benzene rings is 1. The van der Waals surface area contributed by atoms with Gasteiger partial charge in [-0.05, 0) is 100 Å². The Balaban J connectivity index is 1.27. The van der Waals surface area contributed by atoms with Crippen molar-refractivity contribution in [3.63, 3.8) is 0 Å². The molecule has 40 heavy (non-hydrogen) atoms. The first kappa shape index (κ1) is 29.0. The second kappa shape index (κ2) is 13.0. The Morgan fingerprint density at radius 2 is 2.15 bits per heavy atom. The summed E-state index contributed by atoms with van der Waals surface area (Å²) in [6, 6.07) is 6.49. The van der Waals surface area contributed by atoms with Crippen molar-refractivity contribution in [2.45, 2.75) is 75.7 Å². The smallest absolute Gasteiger partial charge is 0.263 e. The SMILES string of the molecule is CC1(CCC(COCCN2CCCC2)Oc2ccc(S(=O)(=O)Nc3ncns3)cc2C#N)C=C2CCCC(C2)C1. The number of sulfonamides is 1. The van der Waals surface area contributed by atoms with Crippen LogP contribution in [0.3, 0.4) is 0 Å². The van der Waals surface area contributed by atoms with Crippen molar-refractivity contribution in [2.75, 3.05) is 37.6 Å². The van der Waals surface area contributed by atoms with E-state index in [9.17, 15) is 13.7 Å². The molecule has 2 aromatic rings. The number of rotatable bonds is 13. The van der Waals surface area contributed by atoms with Gasteiger partial charge in [0.25, 0.3) is 10.0 Å². The Kier molecular flexibility index (Phi) is 9.41. The molecule has 1 N–H and O–H groups in total. The molecule has 2 aliphatic carbocycles. The van der Waals surface area contributed by atoms with E-state index in [0.29, 0.717) is 19.0 Å². The van der Waals surface area contributed by atoms with E-state index < -0.39 is 10.0 Å². The molecule has 9 nitrogen and oxygen atoms in total. The molecule has 2 bridgehead atoms. The molecular formula is C29H39N5O4S2. The van der Waals surface area contributed by atoms with Crippen LogP contribution >= 0.6 is 11.5 Å². The molecular weight excluding hydrogens is 546 g/mol. The second-order valence-corrected chi connectivity index (χ2v) is 14.1. The van der Waals surface area contributed by atoms with Gasteiger partial charge in [0.2, 0.25) is 5.13 Å². The summed E-state index contributed by atoms with van der Waals surface area (Å²) in [7, 11) is -3.91. The van der Waals surface area contributed by atoms with Crippen LogP contribution in [-0.2, 0) is 14.8 Å². The normalized spacial score (nSPS) is 23.8. The van der Waals surface area contributed by atoms with Crippen molar-refractivity contribution in [1.29, 1.82) is 5.26 Å². The summed E-state index contributed by atoms with van der Waals surface area (Å²) >= 11 is 0.943. The van der Waals surface area contributed by atoms with Crippen molar-refractivity contribution >= 4 is 26.7 Å². The average Bonchev–Trinajstić information content (AvgIpc) is 3.64. The number of anilines is 1. The summed E-state index contributed by atoms with van der Waals surface area (Å²) in [6.45, 7) is 6.60. The maximum absolute atomic E-state index is 12.8. The molecule has 1 aromatic heterocycles. The summed E-state index contributed by atoms with van der Waals surface area (Å²) in [4.78, 5) is 6.27. The first-order valence-electron chi connectivity index (χ1n) is 14.3. The molecule has 11 heteroatoms. The number of ether oxygens (including phenoxy) is 2. The number of allylic oxidation sites excluding steroid dienone is 2. The van der Waals surface area contributed by atoms with Gasteiger partial charge in [0.1, 0.15) is 24.3 Å². The van der Waals surface area contributed by atoms with Crippen molar-refractivity contribution in [1.82, 2.24) is 14.3 Å². The van der Waals surface area contributed by atoms with Crippen molar-refractivity contribution in [3.8, 4) is 11.8 Å². The van der Waals surface area contributed by atoms with Crippen molar-refractivity contribution in [2.24, 2.45) is 11.3 Å². The number of nitrogens with one attached hydrogen (secondary N) is 1. The van der Waals surface area contributed by atoms with Gasteiger partial charge in [-0.2, -0.15) is 9.64 Å². The van der Waals surface area contributed by atoms with E-state index in [4.69, 9.17) is 9.47 Å². The lowest BCUT2D eigenvalue weighted by atomic mass is 9.66. The van der Waals surface area contributed by atoms with E-state index in [1.807, 2.05) is 0 Å². The second-order valence-electron chi connectivity index (χ2n) is 11.6. The minimum Gasteiger partial charge on any atom is -0.487 e. The van der Waals surface area contributed by atoms with Crippen LogP contribution in [0.2, 0.25) is 0 Å². The van der Waals surface area contributed by atoms with Gasteiger partial charge in [-0.25, -0.2) is 13.4 Å². The predicted molar refractivity (Wildman–Crippen MR) is 155 cm³/mol. The standard InChI is InChI=1S/C29H39N5O4S2/c1-29(17-22-5-4-6-23(15-22)18-29)10-9-25(20-37-14-13-34-11-2-3-12-34)38-27-8-7-26(16-24(27)19-30)40(35,36)33-28-31-21-32-39-28/h7-8,16-17,21,23,25H,2-6,9-15,18,20H2,1H3,(H,31,32,33). The monoisotopic (exact) mass is 585 g/mol. The molecule has 3 unspecified atom stereocenters. The summed E-state index contributed by atoms with van der Waals surface area (Å²) in [5, 5.41) is 10.0. The van der Waals surface area contributed by atoms with Crippen LogP contribution in [0, 0.1) is 22.7 Å². The minimum atomic E-state index is -3.91. The summed E-state index contributed by atoms with van der Waals surface area (Å²) < 4.78 is 44.4. The molecule has 3 atom stereocenters. The predicted octanol–water partition coefficient (Wildman–Crippen LogP) is 5.38. The Hall–Kier alpha value is -2.52. The fourth-order valence-electron chi connectivity index (χ4n) is 6.40. The van der Waals surface area contributed by atoms with Gasteiger partial charge in [-0.15, -0.1) is 0 Å². The molecule has 0 amide bonds. The van der Waals surface area contributed by atoms with E-state index in [-0.39, 0.29) is 27.1 Å². The van der Waals surface area contributed by atoms with Crippen molar-refractivity contribution in [3.05, 3.63) is 41.7 Å². The van der Waals surface area contributed by atoms with Crippen LogP contribution in [0.4, 0.5) is 5.13 Å². The van der Waals surface area contributed by atoms with Crippen LogP contribution < -0.4 is 9.46 Å². The fraction of sp³-hybridized carbons (Fsp3) is 0.621. The molecule has 0 spiro atoms. The molecule has 2 heterocycles. The third-order valence-electron chi connectivity index (χ3n) is 8.32. The summed E-state index contributed by atoms with van der Waals surface area (Å²) in [6.07, 6.45) is 14.1. The lowest BCUT2D eigenvalue weighted by Crippen LogP contribution is -2.31. The molecule has 3 aliphatic rings. The maximum atomic E-state index is 12.8. The molecule has 1 saturated heterocycles. The van der Waals surface area contributed by atoms with Crippen LogP contribution in [0.25, 0.3) is 0 Å². The molecule has 5 rings (SSSR count). The first-order chi connectivity index (χ1) is 19.3. The summed E-state index contributed by atoms with van der Waals surface area (Å²) in [5.74, 6) is 1.15. The number of hydrogen-bond acceptors (Lipinski definition) is 9. The maximum Gasteiger partial charge on any atom is 0.263 e. The van der Waals surface area contributed by atoms with Gasteiger partial charge in [-0.1, -0.05) is 18.6 Å². The highest BCUT2D eigenvalue weighted by molar-refractivity contribution is 7.93. The Morgan fingerprint density at radius 1 is 1.30 bits per heavy atom. The van der Waals surface area contributed by atoms with Gasteiger partial charge in [0.05, 0.1) is 23.7 Å². The van der Waals surface area contributed by atoms with Gasteiger partial charge in [0.15, 0.2) is 0 Å². The zero-order valence-electron chi connectivity index (χ0n) is 23.2. The van der Waals surface area contributed by atoms with Gasteiger partial charge >= 0.3 is 0 Å². The molecule has 1 aliphatic heterocycles. The molecule has 1 aromatic carbocycles. The highest BCUT2D eigenvalue weighted by Gasteiger charge is 2.34. The van der Waals surface area contributed by atoms with E-state index >= 15 is 0 Å². The Labute approximate surface area is 241 Å². The number of nitrogens with zero attached hydrogens (tertiary/aromatic N) is 4. The van der Waals surface area contributed by atoms with Gasteiger partial charge < -0.3 is 14.4 Å². The topological polar surface area (TPSA) is 117 Å². The molecule has 2 fully saturated rings. The third kappa shape index (κ3) is 7.60. The molecule has 216 valence electrons. The first-order valence-corrected chi connectivity index (χ1v) is 16.6. The quantitative estimate of drug-likeness (QED) is 0.246. The third-order valence-corrected chi connectivity index (χ3v) is 10.4. The number of fused-ring (bicyclic) bond motifs is 2. The highest BCUT2D eigenvalue weighted by Crippen LogP contribution is 2.46. The van der Waals surface area contributed by atoms with Crippen molar-refractivity contribution < 1.29 is 17.9 Å². The van der Waals surface area contributed by atoms with E-state index in [1.165, 1.54) is 63.4 Å². The molecule has 0 radical (unpaired) electrons. The van der Waals surface area contributed by atoms with Crippen LogP contribution in [0.1, 0.15) is 70.3 Å². The lowest BCUT2D eigenvalue weighted by molar-refractivity contribution is 0.0317. The zero-order chi connectivity index (χ0) is 28.0. The largest absolute Gasteiger partial charge is 0.487 e. The molecule has 1 saturated carbocycles. The average molecular weight is 586 g/mol. The highest BCUT2D eigenvalue weighted by atomic mass is 32.2. The Morgan fingerprint density at radius 3 is 2.90 bits per heavy atom. The van der Waals surface area contributed by atoms with Crippen LogP contribution in [-0.4, -0.2) is 61.6 Å². The number of hydrogen-bond donors (Lipinski definition) is 1. The Bertz CT molecular complexity index is 1320. The van der Waals surface area contributed by atoms with E-state index in [1.54, 1.807) is 11.6 Å².